The van der Waals surface area contributed by atoms with E-state index in [1.54, 1.807) is 12.1 Å². The zero-order valence-corrected chi connectivity index (χ0v) is 20.3. The fourth-order valence-corrected chi connectivity index (χ4v) is 3.36. The van der Waals surface area contributed by atoms with Gasteiger partial charge in [-0.3, -0.25) is 19.3 Å². The zero-order valence-electron chi connectivity index (χ0n) is 20.3. The Kier molecular flexibility index (Phi) is 9.25. The Morgan fingerprint density at radius 1 is 1.24 bits per heavy atom. The number of hydrogen-bond donors (Lipinski definition) is 2. The first kappa shape index (κ1) is 26.6. The lowest BCUT2D eigenvalue weighted by atomic mass is 10.0. The minimum atomic E-state index is -0.346. The van der Waals surface area contributed by atoms with E-state index < -0.39 is 0 Å². The zero-order chi connectivity index (χ0) is 24.6. The van der Waals surface area contributed by atoms with Crippen molar-refractivity contribution >= 4 is 23.6 Å². The highest BCUT2D eigenvalue weighted by Crippen LogP contribution is 2.22. The Morgan fingerprint density at radius 2 is 1.97 bits per heavy atom. The molecule has 0 spiro atoms. The number of carbonyl (C=O) groups is 3. The van der Waals surface area contributed by atoms with Crippen LogP contribution in [-0.4, -0.2) is 66.5 Å². The second kappa shape index (κ2) is 11.5. The van der Waals surface area contributed by atoms with Crippen LogP contribution < -0.4 is 16.0 Å². The molecule has 9 heteroatoms. The summed E-state index contributed by atoms with van der Waals surface area (Å²) >= 11 is 0. The van der Waals surface area contributed by atoms with Crippen LogP contribution in [0.15, 0.2) is 29.2 Å². The number of nitrogens with zero attached hydrogens (tertiary/aromatic N) is 2. The molecule has 2 rings (SSSR count). The van der Waals surface area contributed by atoms with Gasteiger partial charge in [-0.1, -0.05) is 6.58 Å². The lowest BCUT2D eigenvalue weighted by Crippen LogP contribution is -2.52. The largest absolute Gasteiger partial charge is 0.445 e. The van der Waals surface area contributed by atoms with E-state index >= 15 is 0 Å². The van der Waals surface area contributed by atoms with Crippen molar-refractivity contribution in [3.05, 3.63) is 30.5 Å². The van der Waals surface area contributed by atoms with Gasteiger partial charge in [-0.15, -0.1) is 0 Å². The number of nitrogens with two attached hydrogens (primary N) is 1. The highest BCUT2D eigenvalue weighted by molar-refractivity contribution is 5.98. The lowest BCUT2D eigenvalue weighted by molar-refractivity contribution is -0.133. The van der Waals surface area contributed by atoms with Gasteiger partial charge >= 0.3 is 0 Å². The molecule has 9 nitrogen and oxygen atoms in total. The molecule has 1 fully saturated rings. The molecule has 0 unspecified atom stereocenters. The fourth-order valence-electron chi connectivity index (χ4n) is 3.36. The van der Waals surface area contributed by atoms with E-state index in [1.807, 2.05) is 27.7 Å². The van der Waals surface area contributed by atoms with Crippen LogP contribution in [0.4, 0.5) is 5.88 Å². The number of rotatable bonds is 12. The molecule has 0 aliphatic carbocycles. The third kappa shape index (κ3) is 9.01. The van der Waals surface area contributed by atoms with E-state index in [1.165, 1.54) is 15.9 Å². The summed E-state index contributed by atoms with van der Waals surface area (Å²) in [6.45, 7) is 13.2. The van der Waals surface area contributed by atoms with Crippen LogP contribution in [0.2, 0.25) is 0 Å². The first-order chi connectivity index (χ1) is 15.4. The second-order valence-electron chi connectivity index (χ2n) is 9.70. The summed E-state index contributed by atoms with van der Waals surface area (Å²) in [5.41, 5.74) is 5.37. The number of piperazine rings is 1. The van der Waals surface area contributed by atoms with Crippen molar-refractivity contribution in [1.29, 1.82) is 0 Å². The summed E-state index contributed by atoms with van der Waals surface area (Å²) < 4.78 is 11.7. The molecule has 1 saturated heterocycles. The van der Waals surface area contributed by atoms with Crippen molar-refractivity contribution in [1.82, 2.24) is 10.2 Å². The van der Waals surface area contributed by atoms with Crippen LogP contribution in [0.5, 0.6) is 0 Å². The minimum absolute atomic E-state index is 0.00661. The van der Waals surface area contributed by atoms with E-state index in [9.17, 15) is 14.4 Å². The van der Waals surface area contributed by atoms with Gasteiger partial charge in [0, 0.05) is 50.7 Å². The summed E-state index contributed by atoms with van der Waals surface area (Å²) in [6, 6.07) is 3.49. The van der Waals surface area contributed by atoms with E-state index in [0.717, 1.165) is 6.42 Å². The number of nitrogens with one attached hydrogen (secondary N) is 1. The molecule has 0 saturated carbocycles. The molecule has 184 valence electrons. The monoisotopic (exact) mass is 462 g/mol. The molecule has 1 aliphatic heterocycles. The van der Waals surface area contributed by atoms with Crippen molar-refractivity contribution in [2.75, 3.05) is 37.7 Å². The van der Waals surface area contributed by atoms with Gasteiger partial charge in [-0.05, 0) is 52.7 Å². The predicted octanol–water partition coefficient (Wildman–Crippen LogP) is 2.00. The Bertz CT molecular complexity index is 840. The Labute approximate surface area is 196 Å². The van der Waals surface area contributed by atoms with Crippen LogP contribution in [0, 0.1) is 0 Å². The molecule has 33 heavy (non-hydrogen) atoms. The standard InChI is InChI=1S/C24H38N4O5/c1-6-20(30)27-14-15-28(21(31)17-27)22-10-8-18(33-22)7-9-19(29)26-13-11-24(4,5)32-16-12-23(2,3)25/h6,8,10H,1,7,9,11-17,25H2,2-5H3,(H,26,29). The number of hydrogen-bond acceptors (Lipinski definition) is 6. The highest BCUT2D eigenvalue weighted by Gasteiger charge is 2.28. The van der Waals surface area contributed by atoms with Crippen LogP contribution in [-0.2, 0) is 25.5 Å². The Morgan fingerprint density at radius 3 is 2.61 bits per heavy atom. The summed E-state index contributed by atoms with van der Waals surface area (Å²) in [7, 11) is 0. The summed E-state index contributed by atoms with van der Waals surface area (Å²) in [5.74, 6) is 0.518. The SMILES string of the molecule is C=CC(=O)N1CCN(c2ccc(CCC(=O)NCCC(C)(C)OCCC(C)(C)N)o2)C(=O)C1. The average molecular weight is 463 g/mol. The quantitative estimate of drug-likeness (QED) is 0.459. The summed E-state index contributed by atoms with van der Waals surface area (Å²) in [4.78, 5) is 39.2. The van der Waals surface area contributed by atoms with E-state index in [2.05, 4.69) is 11.9 Å². The molecular weight excluding hydrogens is 424 g/mol. The molecule has 1 aromatic rings. The number of furan rings is 1. The normalized spacial score (nSPS) is 15.0. The molecule has 1 aliphatic rings. The van der Waals surface area contributed by atoms with Gasteiger partial charge in [-0.25, -0.2) is 0 Å². The van der Waals surface area contributed by atoms with Gasteiger partial charge in [-0.2, -0.15) is 0 Å². The number of anilines is 1. The molecular formula is C24H38N4O5. The van der Waals surface area contributed by atoms with E-state index in [0.29, 0.717) is 50.7 Å². The van der Waals surface area contributed by atoms with Crippen molar-refractivity contribution in [3.8, 4) is 0 Å². The molecule has 0 bridgehead atoms. The Hall–Kier alpha value is -2.65. The number of ether oxygens (including phenoxy) is 1. The average Bonchev–Trinajstić information content (AvgIpc) is 3.19. The predicted molar refractivity (Wildman–Crippen MR) is 127 cm³/mol. The van der Waals surface area contributed by atoms with Gasteiger partial charge in [0.2, 0.25) is 23.6 Å². The molecule has 0 aromatic carbocycles. The topological polar surface area (TPSA) is 118 Å². The smallest absolute Gasteiger partial charge is 0.248 e. The third-order valence-electron chi connectivity index (χ3n) is 5.51. The summed E-state index contributed by atoms with van der Waals surface area (Å²) in [5, 5.41) is 2.92. The van der Waals surface area contributed by atoms with Gasteiger partial charge in [0.05, 0.1) is 5.60 Å². The fraction of sp³-hybridized carbons (Fsp3) is 0.625. The number of aryl methyl sites for hydroxylation is 1. The van der Waals surface area contributed by atoms with Gasteiger partial charge in [0.15, 0.2) is 0 Å². The van der Waals surface area contributed by atoms with Gasteiger partial charge in [0.1, 0.15) is 12.3 Å². The first-order valence-electron chi connectivity index (χ1n) is 11.4. The van der Waals surface area contributed by atoms with Crippen LogP contribution in [0.25, 0.3) is 0 Å². The first-order valence-corrected chi connectivity index (χ1v) is 11.4. The minimum Gasteiger partial charge on any atom is -0.445 e. The molecule has 0 radical (unpaired) electrons. The van der Waals surface area contributed by atoms with Crippen LogP contribution in [0.3, 0.4) is 0 Å². The number of amides is 3. The van der Waals surface area contributed by atoms with Crippen molar-refractivity contribution in [3.63, 3.8) is 0 Å². The second-order valence-corrected chi connectivity index (χ2v) is 9.70. The summed E-state index contributed by atoms with van der Waals surface area (Å²) in [6.07, 6.45) is 3.38. The maximum Gasteiger partial charge on any atom is 0.248 e. The Balaban J connectivity index is 1.71. The third-order valence-corrected chi connectivity index (χ3v) is 5.51. The van der Waals surface area contributed by atoms with Crippen molar-refractivity contribution < 1.29 is 23.5 Å². The number of carbonyl (C=O) groups excluding carboxylic acids is 3. The maximum atomic E-state index is 12.4. The molecule has 1 aromatic heterocycles. The van der Waals surface area contributed by atoms with Crippen molar-refractivity contribution in [2.24, 2.45) is 5.73 Å². The van der Waals surface area contributed by atoms with Crippen molar-refractivity contribution in [2.45, 2.75) is 64.5 Å². The molecule has 0 atom stereocenters. The highest BCUT2D eigenvalue weighted by atomic mass is 16.5. The van der Waals surface area contributed by atoms with Gasteiger partial charge in [0.25, 0.3) is 0 Å². The van der Waals surface area contributed by atoms with Crippen LogP contribution in [0.1, 0.15) is 52.7 Å². The molecule has 2 heterocycles. The van der Waals surface area contributed by atoms with E-state index in [4.69, 9.17) is 14.9 Å². The maximum absolute atomic E-state index is 12.4. The van der Waals surface area contributed by atoms with Gasteiger partial charge < -0.3 is 25.1 Å². The lowest BCUT2D eigenvalue weighted by Gasteiger charge is -2.32. The van der Waals surface area contributed by atoms with E-state index in [-0.39, 0.29) is 41.8 Å². The van der Waals surface area contributed by atoms with Crippen LogP contribution >= 0.6 is 0 Å². The molecule has 3 amide bonds. The molecule has 3 N–H and O–H groups in total.